The second-order valence-electron chi connectivity index (χ2n) is 3.47. The van der Waals surface area contributed by atoms with E-state index in [2.05, 4.69) is 6.92 Å². The van der Waals surface area contributed by atoms with E-state index < -0.39 is 0 Å². The standard InChI is InChI=1S/C13H13N2/c1-9-7-8-11(14)12(13(9)15)10-5-3-2-4-6-10/h2-8H,1,14-15H2. The second kappa shape index (κ2) is 3.65. The molecular weight excluding hydrogens is 184 g/mol. The molecule has 0 aliphatic rings. The van der Waals surface area contributed by atoms with Gasteiger partial charge in [-0.25, -0.2) is 0 Å². The fraction of sp³-hybridized carbons (Fsp3) is 0. The van der Waals surface area contributed by atoms with Crippen LogP contribution in [-0.2, 0) is 0 Å². The van der Waals surface area contributed by atoms with Gasteiger partial charge in [-0.1, -0.05) is 36.4 Å². The summed E-state index contributed by atoms with van der Waals surface area (Å²) in [5.41, 5.74) is 15.9. The highest BCUT2D eigenvalue weighted by atomic mass is 14.6. The molecule has 0 aliphatic carbocycles. The number of nitrogens with two attached hydrogens (primary N) is 2. The van der Waals surface area contributed by atoms with Crippen LogP contribution in [-0.4, -0.2) is 0 Å². The van der Waals surface area contributed by atoms with Crippen molar-refractivity contribution in [1.29, 1.82) is 0 Å². The summed E-state index contributed by atoms with van der Waals surface area (Å²) in [6.07, 6.45) is 0. The molecule has 2 aromatic carbocycles. The van der Waals surface area contributed by atoms with E-state index in [0.717, 1.165) is 16.7 Å². The third-order valence-electron chi connectivity index (χ3n) is 2.43. The van der Waals surface area contributed by atoms with Gasteiger partial charge in [-0.2, -0.15) is 0 Å². The molecule has 0 aliphatic heterocycles. The van der Waals surface area contributed by atoms with Crippen molar-refractivity contribution in [3.05, 3.63) is 55.0 Å². The first-order valence-electron chi connectivity index (χ1n) is 4.75. The zero-order valence-corrected chi connectivity index (χ0v) is 8.40. The Kier molecular flexibility index (Phi) is 2.34. The van der Waals surface area contributed by atoms with E-state index in [0.29, 0.717) is 11.4 Å². The third-order valence-corrected chi connectivity index (χ3v) is 2.43. The van der Waals surface area contributed by atoms with Crippen molar-refractivity contribution in [2.24, 2.45) is 0 Å². The molecule has 75 valence electrons. The monoisotopic (exact) mass is 197 g/mol. The predicted molar refractivity (Wildman–Crippen MR) is 65.2 cm³/mol. The van der Waals surface area contributed by atoms with Gasteiger partial charge in [-0.3, -0.25) is 0 Å². The molecule has 2 rings (SSSR count). The molecule has 1 radical (unpaired) electrons. The maximum Gasteiger partial charge on any atom is 0.0447 e. The first-order chi connectivity index (χ1) is 7.20. The SMILES string of the molecule is [CH2]c1ccc(N)c(-c2ccccc2)c1N. The van der Waals surface area contributed by atoms with Crippen molar-refractivity contribution in [2.45, 2.75) is 0 Å². The van der Waals surface area contributed by atoms with Crippen LogP contribution in [0.3, 0.4) is 0 Å². The van der Waals surface area contributed by atoms with Crippen LogP contribution in [0.1, 0.15) is 5.56 Å². The normalized spacial score (nSPS) is 10.2. The smallest absolute Gasteiger partial charge is 0.0447 e. The van der Waals surface area contributed by atoms with E-state index in [4.69, 9.17) is 11.5 Å². The minimum Gasteiger partial charge on any atom is -0.398 e. The first kappa shape index (κ1) is 9.59. The zero-order valence-electron chi connectivity index (χ0n) is 8.40. The number of rotatable bonds is 1. The molecule has 0 amide bonds. The van der Waals surface area contributed by atoms with Crippen LogP contribution in [0.5, 0.6) is 0 Å². The van der Waals surface area contributed by atoms with Gasteiger partial charge in [0.05, 0.1) is 0 Å². The zero-order chi connectivity index (χ0) is 10.8. The van der Waals surface area contributed by atoms with E-state index in [1.807, 2.05) is 42.5 Å². The first-order valence-corrected chi connectivity index (χ1v) is 4.75. The van der Waals surface area contributed by atoms with Crippen LogP contribution in [0.4, 0.5) is 11.4 Å². The largest absolute Gasteiger partial charge is 0.398 e. The molecule has 0 heterocycles. The van der Waals surface area contributed by atoms with Crippen LogP contribution < -0.4 is 11.5 Å². The van der Waals surface area contributed by atoms with Gasteiger partial charge in [0.15, 0.2) is 0 Å². The van der Waals surface area contributed by atoms with E-state index in [9.17, 15) is 0 Å². The summed E-state index contributed by atoms with van der Waals surface area (Å²) in [6.45, 7) is 3.87. The fourth-order valence-corrected chi connectivity index (χ4v) is 1.61. The maximum absolute atomic E-state index is 5.97. The highest BCUT2D eigenvalue weighted by Crippen LogP contribution is 2.33. The van der Waals surface area contributed by atoms with Crippen molar-refractivity contribution in [3.8, 4) is 11.1 Å². The van der Waals surface area contributed by atoms with Gasteiger partial charge in [-0.05, 0) is 24.1 Å². The lowest BCUT2D eigenvalue weighted by Crippen LogP contribution is -1.98. The summed E-state index contributed by atoms with van der Waals surface area (Å²) in [5.74, 6) is 0. The third kappa shape index (κ3) is 1.66. The molecule has 2 aromatic rings. The van der Waals surface area contributed by atoms with Crippen molar-refractivity contribution in [1.82, 2.24) is 0 Å². The lowest BCUT2D eigenvalue weighted by Gasteiger charge is -2.11. The van der Waals surface area contributed by atoms with Gasteiger partial charge in [-0.15, -0.1) is 0 Å². The minimum absolute atomic E-state index is 0.654. The van der Waals surface area contributed by atoms with Gasteiger partial charge < -0.3 is 11.5 Å². The molecule has 15 heavy (non-hydrogen) atoms. The predicted octanol–water partition coefficient (Wildman–Crippen LogP) is 2.70. The lowest BCUT2D eigenvalue weighted by molar-refractivity contribution is 1.56. The summed E-state index contributed by atoms with van der Waals surface area (Å²) < 4.78 is 0. The molecule has 0 spiro atoms. The van der Waals surface area contributed by atoms with Crippen LogP contribution >= 0.6 is 0 Å². The molecular formula is C13H13N2. The average molecular weight is 197 g/mol. The van der Waals surface area contributed by atoms with Crippen molar-refractivity contribution < 1.29 is 0 Å². The molecule has 0 bridgehead atoms. The number of anilines is 2. The van der Waals surface area contributed by atoms with Crippen LogP contribution in [0.15, 0.2) is 42.5 Å². The number of hydrogen-bond donors (Lipinski definition) is 2. The van der Waals surface area contributed by atoms with Crippen LogP contribution in [0.2, 0.25) is 0 Å². The molecule has 0 atom stereocenters. The van der Waals surface area contributed by atoms with Crippen molar-refractivity contribution in [3.63, 3.8) is 0 Å². The number of hydrogen-bond acceptors (Lipinski definition) is 2. The topological polar surface area (TPSA) is 52.0 Å². The van der Waals surface area contributed by atoms with Gasteiger partial charge >= 0.3 is 0 Å². The molecule has 0 fully saturated rings. The van der Waals surface area contributed by atoms with E-state index in [-0.39, 0.29) is 0 Å². The highest BCUT2D eigenvalue weighted by Gasteiger charge is 2.08. The molecule has 0 aromatic heterocycles. The highest BCUT2D eigenvalue weighted by molar-refractivity contribution is 5.88. The van der Waals surface area contributed by atoms with Gasteiger partial charge in [0, 0.05) is 16.9 Å². The Morgan fingerprint density at radius 3 is 2.20 bits per heavy atom. The lowest BCUT2D eigenvalue weighted by atomic mass is 9.99. The molecule has 2 nitrogen and oxygen atoms in total. The quantitative estimate of drug-likeness (QED) is 0.690. The summed E-state index contributed by atoms with van der Waals surface area (Å²) >= 11 is 0. The van der Waals surface area contributed by atoms with Crippen molar-refractivity contribution >= 4 is 11.4 Å². The molecule has 2 heteroatoms. The Bertz CT molecular complexity index is 475. The molecule has 0 saturated carbocycles. The fourth-order valence-electron chi connectivity index (χ4n) is 1.61. The second-order valence-corrected chi connectivity index (χ2v) is 3.47. The Morgan fingerprint density at radius 2 is 1.53 bits per heavy atom. The van der Waals surface area contributed by atoms with E-state index >= 15 is 0 Å². The summed E-state index contributed by atoms with van der Waals surface area (Å²) in [5, 5.41) is 0. The van der Waals surface area contributed by atoms with Gasteiger partial charge in [0.1, 0.15) is 0 Å². The van der Waals surface area contributed by atoms with Crippen molar-refractivity contribution in [2.75, 3.05) is 11.5 Å². The van der Waals surface area contributed by atoms with Crippen LogP contribution in [0.25, 0.3) is 11.1 Å². The van der Waals surface area contributed by atoms with Gasteiger partial charge in [0.25, 0.3) is 0 Å². The summed E-state index contributed by atoms with van der Waals surface area (Å²) in [4.78, 5) is 0. The molecule has 4 N–H and O–H groups in total. The number of benzene rings is 2. The maximum atomic E-state index is 5.97. The van der Waals surface area contributed by atoms with Crippen LogP contribution in [0, 0.1) is 6.92 Å². The van der Waals surface area contributed by atoms with E-state index in [1.54, 1.807) is 0 Å². The summed E-state index contributed by atoms with van der Waals surface area (Å²) in [7, 11) is 0. The summed E-state index contributed by atoms with van der Waals surface area (Å²) in [6, 6.07) is 13.5. The Hall–Kier alpha value is -1.96. The minimum atomic E-state index is 0.654. The number of nitrogen functional groups attached to an aromatic ring is 2. The Balaban J connectivity index is 2.68. The van der Waals surface area contributed by atoms with Gasteiger partial charge in [0.2, 0.25) is 0 Å². The Labute approximate surface area is 89.5 Å². The Morgan fingerprint density at radius 1 is 0.867 bits per heavy atom. The van der Waals surface area contributed by atoms with E-state index in [1.165, 1.54) is 0 Å². The molecule has 0 saturated heterocycles. The average Bonchev–Trinajstić information content (AvgIpc) is 2.26. The molecule has 0 unspecified atom stereocenters.